The molecule has 116 valence electrons. The van der Waals surface area contributed by atoms with Crippen molar-refractivity contribution in [2.45, 2.75) is 13.0 Å². The number of hydrogen-bond acceptors (Lipinski definition) is 5. The molecular weight excluding hydrogens is 343 g/mol. The molecule has 21 heavy (non-hydrogen) atoms. The zero-order chi connectivity index (χ0) is 15.4. The van der Waals surface area contributed by atoms with Crippen LogP contribution in [0.3, 0.4) is 0 Å². The van der Waals surface area contributed by atoms with Gasteiger partial charge >= 0.3 is 5.97 Å². The zero-order valence-corrected chi connectivity index (χ0v) is 13.4. The van der Waals surface area contributed by atoms with Crippen molar-refractivity contribution < 1.29 is 18.7 Å². The number of halogens is 2. The lowest BCUT2D eigenvalue weighted by Gasteiger charge is -2.31. The maximum atomic E-state index is 13.2. The molecule has 7 heteroatoms. The molecule has 0 saturated carbocycles. The molecule has 1 heterocycles. The van der Waals surface area contributed by atoms with Crippen LogP contribution in [0.1, 0.15) is 17.3 Å². The van der Waals surface area contributed by atoms with Crippen molar-refractivity contribution in [1.29, 1.82) is 0 Å². The first-order chi connectivity index (χ1) is 10.0. The molecule has 0 aliphatic carbocycles. The van der Waals surface area contributed by atoms with Crippen LogP contribution in [-0.4, -0.2) is 49.8 Å². The third-order valence-corrected chi connectivity index (χ3v) is 4.03. The summed E-state index contributed by atoms with van der Waals surface area (Å²) in [5, 5.41) is 0. The number of carbonyl (C=O) groups is 1. The molecule has 1 aromatic carbocycles. The molecule has 0 radical (unpaired) electrons. The van der Waals surface area contributed by atoms with Gasteiger partial charge in [-0.15, -0.1) is 0 Å². The molecular formula is C14H18BrFN2O3. The minimum absolute atomic E-state index is 0.0868. The Kier molecular flexibility index (Phi) is 5.55. The lowest BCUT2D eigenvalue weighted by atomic mass is 10.2. The van der Waals surface area contributed by atoms with Crippen LogP contribution in [-0.2, 0) is 9.47 Å². The number of carbonyl (C=O) groups excluding carboxylic acids is 1. The van der Waals surface area contributed by atoms with Gasteiger partial charge in [-0.3, -0.25) is 4.90 Å². The molecule has 0 bridgehead atoms. The second kappa shape index (κ2) is 7.20. The second-order valence-electron chi connectivity index (χ2n) is 4.84. The topological polar surface area (TPSA) is 64.8 Å². The Morgan fingerprint density at radius 1 is 1.62 bits per heavy atom. The van der Waals surface area contributed by atoms with Crippen LogP contribution in [0, 0.1) is 5.82 Å². The van der Waals surface area contributed by atoms with Crippen molar-refractivity contribution in [3.05, 3.63) is 28.0 Å². The largest absolute Gasteiger partial charge is 0.459 e. The van der Waals surface area contributed by atoms with Crippen LogP contribution >= 0.6 is 15.9 Å². The number of nitrogen functional groups attached to an aromatic ring is 1. The predicted molar refractivity (Wildman–Crippen MR) is 80.6 cm³/mol. The summed E-state index contributed by atoms with van der Waals surface area (Å²) in [6.07, 6.45) is -0.140. The molecule has 1 saturated heterocycles. The highest BCUT2D eigenvalue weighted by molar-refractivity contribution is 9.10. The number of benzene rings is 1. The summed E-state index contributed by atoms with van der Waals surface area (Å²) < 4.78 is 24.4. The molecule has 0 aromatic heterocycles. The third-order valence-electron chi connectivity index (χ3n) is 3.38. The molecule has 1 aliphatic heterocycles. The van der Waals surface area contributed by atoms with E-state index in [1.807, 2.05) is 0 Å². The molecule has 0 spiro atoms. The van der Waals surface area contributed by atoms with E-state index in [0.717, 1.165) is 25.7 Å². The molecule has 1 unspecified atom stereocenters. The van der Waals surface area contributed by atoms with E-state index in [1.165, 1.54) is 6.07 Å². The Morgan fingerprint density at radius 2 is 2.38 bits per heavy atom. The number of esters is 1. The lowest BCUT2D eigenvalue weighted by Crippen LogP contribution is -2.44. The Bertz CT molecular complexity index is 527. The van der Waals surface area contributed by atoms with Gasteiger partial charge in [-0.2, -0.15) is 0 Å². The summed E-state index contributed by atoms with van der Waals surface area (Å²) in [5.41, 5.74) is 5.59. The van der Waals surface area contributed by atoms with Gasteiger partial charge in [0.1, 0.15) is 18.5 Å². The molecule has 1 fully saturated rings. The van der Waals surface area contributed by atoms with Crippen molar-refractivity contribution in [3.8, 4) is 0 Å². The van der Waals surface area contributed by atoms with E-state index >= 15 is 0 Å². The van der Waals surface area contributed by atoms with Gasteiger partial charge in [0.05, 0.1) is 17.9 Å². The van der Waals surface area contributed by atoms with E-state index in [2.05, 4.69) is 27.8 Å². The first-order valence-electron chi connectivity index (χ1n) is 6.76. The van der Waals surface area contributed by atoms with Crippen LogP contribution in [0.15, 0.2) is 16.6 Å². The van der Waals surface area contributed by atoms with Gasteiger partial charge < -0.3 is 15.2 Å². The first-order valence-corrected chi connectivity index (χ1v) is 7.56. The van der Waals surface area contributed by atoms with Crippen molar-refractivity contribution >= 4 is 27.6 Å². The molecule has 5 nitrogen and oxygen atoms in total. The van der Waals surface area contributed by atoms with E-state index in [1.54, 1.807) is 0 Å². The Hall–Kier alpha value is -1.18. The minimum Gasteiger partial charge on any atom is -0.459 e. The van der Waals surface area contributed by atoms with Crippen molar-refractivity contribution in [1.82, 2.24) is 4.90 Å². The van der Waals surface area contributed by atoms with Crippen molar-refractivity contribution in [3.63, 3.8) is 0 Å². The Labute approximate surface area is 131 Å². The smallest absolute Gasteiger partial charge is 0.339 e. The van der Waals surface area contributed by atoms with Gasteiger partial charge in [-0.25, -0.2) is 9.18 Å². The fraction of sp³-hybridized carbons (Fsp3) is 0.500. The van der Waals surface area contributed by atoms with Crippen LogP contribution in [0.4, 0.5) is 10.1 Å². The molecule has 1 aliphatic rings. The second-order valence-corrected chi connectivity index (χ2v) is 5.69. The highest BCUT2D eigenvalue weighted by Crippen LogP contribution is 2.23. The summed E-state index contributed by atoms with van der Waals surface area (Å²) in [7, 11) is 0. The number of likely N-dealkylation sites (N-methyl/N-ethyl adjacent to an activating group) is 1. The van der Waals surface area contributed by atoms with E-state index < -0.39 is 11.8 Å². The average Bonchev–Trinajstić information content (AvgIpc) is 2.48. The van der Waals surface area contributed by atoms with Crippen LogP contribution in [0.2, 0.25) is 0 Å². The fourth-order valence-electron chi connectivity index (χ4n) is 2.14. The van der Waals surface area contributed by atoms with E-state index in [0.29, 0.717) is 11.1 Å². The van der Waals surface area contributed by atoms with E-state index in [9.17, 15) is 9.18 Å². The van der Waals surface area contributed by atoms with E-state index in [4.69, 9.17) is 15.2 Å². The maximum absolute atomic E-state index is 13.2. The summed E-state index contributed by atoms with van der Waals surface area (Å²) in [4.78, 5) is 14.3. The van der Waals surface area contributed by atoms with Crippen LogP contribution in [0.25, 0.3) is 0 Å². The predicted octanol–water partition coefficient (Wildman–Crippen LogP) is 2.05. The number of nitrogens with two attached hydrogens (primary N) is 1. The maximum Gasteiger partial charge on any atom is 0.339 e. The number of rotatable bonds is 4. The normalized spacial score (nSPS) is 19.5. The summed E-state index contributed by atoms with van der Waals surface area (Å²) in [5.74, 6) is -1.13. The van der Waals surface area contributed by atoms with Crippen LogP contribution < -0.4 is 5.73 Å². The zero-order valence-electron chi connectivity index (χ0n) is 11.8. The lowest BCUT2D eigenvalue weighted by molar-refractivity contribution is -0.0578. The van der Waals surface area contributed by atoms with Crippen molar-refractivity contribution in [2.75, 3.05) is 38.6 Å². The molecule has 2 N–H and O–H groups in total. The minimum atomic E-state index is -0.576. The highest BCUT2D eigenvalue weighted by atomic mass is 79.9. The van der Waals surface area contributed by atoms with Gasteiger partial charge in [0, 0.05) is 17.6 Å². The van der Waals surface area contributed by atoms with Gasteiger partial charge in [0.2, 0.25) is 0 Å². The van der Waals surface area contributed by atoms with Gasteiger partial charge in [-0.05, 0) is 34.6 Å². The monoisotopic (exact) mass is 360 g/mol. The third kappa shape index (κ3) is 4.15. The first kappa shape index (κ1) is 16.2. The van der Waals surface area contributed by atoms with E-state index in [-0.39, 0.29) is 24.0 Å². The fourth-order valence-corrected chi connectivity index (χ4v) is 2.61. The van der Waals surface area contributed by atoms with Gasteiger partial charge in [0.15, 0.2) is 0 Å². The molecule has 1 atom stereocenters. The standard InChI is InChI=1S/C14H18BrFN2O3/c1-2-18-3-4-20-9(7-18)8-21-14(19)10-5-13(17)12(16)6-11(10)15/h5-6,9H,2-4,7-8,17H2,1H3. The number of morpholine rings is 1. The van der Waals surface area contributed by atoms with Crippen molar-refractivity contribution in [2.24, 2.45) is 0 Å². The number of anilines is 1. The highest BCUT2D eigenvalue weighted by Gasteiger charge is 2.22. The quantitative estimate of drug-likeness (QED) is 0.657. The molecule has 1 aromatic rings. The Balaban J connectivity index is 1.94. The summed E-state index contributed by atoms with van der Waals surface area (Å²) in [6.45, 7) is 5.43. The summed E-state index contributed by atoms with van der Waals surface area (Å²) >= 11 is 3.13. The average molecular weight is 361 g/mol. The van der Waals surface area contributed by atoms with Crippen LogP contribution in [0.5, 0.6) is 0 Å². The molecule has 0 amide bonds. The number of hydrogen-bond donors (Lipinski definition) is 1. The Morgan fingerprint density at radius 3 is 3.10 bits per heavy atom. The number of nitrogens with zero attached hydrogens (tertiary/aromatic N) is 1. The number of ether oxygens (including phenoxy) is 2. The van der Waals surface area contributed by atoms with Gasteiger partial charge in [-0.1, -0.05) is 6.92 Å². The SMILES string of the molecule is CCN1CCOC(COC(=O)c2cc(N)c(F)cc2Br)C1. The summed E-state index contributed by atoms with van der Waals surface area (Å²) in [6, 6.07) is 2.42. The molecule has 2 rings (SSSR count). The van der Waals surface area contributed by atoms with Gasteiger partial charge in [0.25, 0.3) is 0 Å².